The van der Waals surface area contributed by atoms with Gasteiger partial charge in [0, 0.05) is 21.1 Å². The molecule has 2 aromatic carbocycles. The van der Waals surface area contributed by atoms with Crippen molar-refractivity contribution in [3.8, 4) is 0 Å². The Hall–Kier alpha value is -3.15. The fourth-order valence-corrected chi connectivity index (χ4v) is 3.09. The summed E-state index contributed by atoms with van der Waals surface area (Å²) in [5.74, 6) is -0.413. The van der Waals surface area contributed by atoms with Crippen LogP contribution in [0.1, 0.15) is 59.5 Å². The zero-order valence-electron chi connectivity index (χ0n) is 19.5. The lowest BCUT2D eigenvalue weighted by Gasteiger charge is -2.02. The van der Waals surface area contributed by atoms with E-state index in [-0.39, 0.29) is 17.5 Å². The van der Waals surface area contributed by atoms with E-state index in [1.807, 2.05) is 65.8 Å². The molecule has 0 bridgehead atoms. The maximum Gasteiger partial charge on any atom is 0.328 e. The fraction of sp³-hybridized carbons (Fsp3) is 0.375. The Labute approximate surface area is 178 Å². The first-order chi connectivity index (χ1) is 14.2. The van der Waals surface area contributed by atoms with Gasteiger partial charge in [0.15, 0.2) is 0 Å². The Morgan fingerprint density at radius 1 is 0.600 bits per heavy atom. The maximum absolute atomic E-state index is 11.5. The Bertz CT molecular complexity index is 1110. The summed E-state index contributed by atoms with van der Waals surface area (Å²) in [7, 11) is 5.09. The Morgan fingerprint density at radius 2 is 1.07 bits per heavy atom. The van der Waals surface area contributed by atoms with Crippen LogP contribution in [0.15, 0.2) is 41.2 Å². The van der Waals surface area contributed by atoms with Gasteiger partial charge in [-0.05, 0) is 43.7 Å². The lowest BCUT2D eigenvalue weighted by molar-refractivity contribution is 0.0693. The topological polar surface area (TPSA) is 64.3 Å². The number of imidazole rings is 1. The van der Waals surface area contributed by atoms with Gasteiger partial charge in [0.1, 0.15) is 0 Å². The molecule has 0 spiro atoms. The molecule has 0 saturated carbocycles. The molecule has 1 aromatic heterocycles. The van der Waals surface area contributed by atoms with Gasteiger partial charge >= 0.3 is 5.69 Å². The number of carbonyl (C=O) groups excluding carboxylic acids is 2. The van der Waals surface area contributed by atoms with E-state index in [9.17, 15) is 14.4 Å². The number of aromatic nitrogens is 2. The molecule has 30 heavy (non-hydrogen) atoms. The molecule has 2 amide bonds. The molecule has 162 valence electrons. The van der Waals surface area contributed by atoms with Crippen LogP contribution in [0, 0.1) is 13.8 Å². The zero-order chi connectivity index (χ0) is 23.2. The highest BCUT2D eigenvalue weighted by molar-refractivity contribution is 6.21. The van der Waals surface area contributed by atoms with E-state index in [4.69, 9.17) is 0 Å². The first kappa shape index (κ1) is 24.9. The summed E-state index contributed by atoms with van der Waals surface area (Å²) in [6.07, 6.45) is 0. The van der Waals surface area contributed by atoms with Gasteiger partial charge in [0.05, 0.1) is 22.2 Å². The molecule has 6 nitrogen and oxygen atoms in total. The van der Waals surface area contributed by atoms with Crippen LogP contribution in [-0.4, -0.2) is 32.9 Å². The van der Waals surface area contributed by atoms with Gasteiger partial charge in [0.2, 0.25) is 0 Å². The molecule has 2 heterocycles. The second-order valence-corrected chi connectivity index (χ2v) is 6.61. The van der Waals surface area contributed by atoms with Gasteiger partial charge in [-0.2, -0.15) is 0 Å². The first-order valence-electron chi connectivity index (χ1n) is 10.3. The van der Waals surface area contributed by atoms with Crippen LogP contribution in [0.5, 0.6) is 0 Å². The van der Waals surface area contributed by atoms with Crippen molar-refractivity contribution in [1.29, 1.82) is 0 Å². The van der Waals surface area contributed by atoms with Crippen molar-refractivity contribution in [2.75, 3.05) is 7.05 Å². The monoisotopic (exact) mass is 411 g/mol. The molecule has 1 aliphatic rings. The lowest BCUT2D eigenvalue weighted by atomic mass is 10.1. The summed E-state index contributed by atoms with van der Waals surface area (Å²) >= 11 is 0. The summed E-state index contributed by atoms with van der Waals surface area (Å²) < 4.78 is 3.33. The van der Waals surface area contributed by atoms with Gasteiger partial charge in [-0.15, -0.1) is 0 Å². The molecular formula is C24H33N3O3. The Kier molecular flexibility index (Phi) is 8.77. The highest BCUT2D eigenvalue weighted by atomic mass is 16.2. The van der Waals surface area contributed by atoms with Crippen molar-refractivity contribution in [2.24, 2.45) is 14.1 Å². The van der Waals surface area contributed by atoms with Gasteiger partial charge in [-0.1, -0.05) is 45.4 Å². The van der Waals surface area contributed by atoms with Crippen LogP contribution < -0.4 is 5.69 Å². The van der Waals surface area contributed by atoms with Crippen molar-refractivity contribution < 1.29 is 9.59 Å². The van der Waals surface area contributed by atoms with Gasteiger partial charge in [-0.25, -0.2) is 4.79 Å². The second kappa shape index (κ2) is 10.6. The van der Waals surface area contributed by atoms with Crippen LogP contribution in [0.3, 0.4) is 0 Å². The molecule has 0 aliphatic carbocycles. The van der Waals surface area contributed by atoms with Crippen molar-refractivity contribution >= 4 is 22.8 Å². The van der Waals surface area contributed by atoms with E-state index in [1.54, 1.807) is 35.4 Å². The average Bonchev–Trinajstić information content (AvgIpc) is 3.11. The molecule has 0 N–H and O–H groups in total. The Morgan fingerprint density at radius 3 is 1.67 bits per heavy atom. The van der Waals surface area contributed by atoms with E-state index < -0.39 is 0 Å². The smallest absolute Gasteiger partial charge is 0.295 e. The number of carbonyl (C=O) groups is 2. The van der Waals surface area contributed by atoms with Gasteiger partial charge in [-0.3, -0.25) is 23.6 Å². The number of imide groups is 1. The molecule has 0 saturated heterocycles. The minimum absolute atomic E-state index is 0.0283. The normalized spacial score (nSPS) is 11.7. The fourth-order valence-electron chi connectivity index (χ4n) is 3.09. The van der Waals surface area contributed by atoms with E-state index in [0.717, 1.165) is 21.5 Å². The molecule has 3 aromatic rings. The Balaban J connectivity index is 0.000000258. The summed E-state index contributed by atoms with van der Waals surface area (Å²) in [4.78, 5) is 35.6. The molecule has 0 radical (unpaired) electrons. The SMILES string of the molecule is CC.CC.Cc1ccc2c(c1)C(=O)N(C)C2=O.Cc1ccc2c(c1)n(C)c(=O)n2C. The van der Waals surface area contributed by atoms with Crippen LogP contribution in [0.4, 0.5) is 0 Å². The van der Waals surface area contributed by atoms with Crippen LogP contribution in [0.2, 0.25) is 0 Å². The van der Waals surface area contributed by atoms with Crippen molar-refractivity contribution in [3.63, 3.8) is 0 Å². The number of fused-ring (bicyclic) bond motifs is 2. The van der Waals surface area contributed by atoms with Gasteiger partial charge < -0.3 is 0 Å². The third kappa shape index (κ3) is 4.70. The van der Waals surface area contributed by atoms with Crippen LogP contribution in [0.25, 0.3) is 11.0 Å². The highest BCUT2D eigenvalue weighted by Gasteiger charge is 2.32. The summed E-state index contributed by atoms with van der Waals surface area (Å²) in [6.45, 7) is 11.9. The third-order valence-corrected chi connectivity index (χ3v) is 4.67. The van der Waals surface area contributed by atoms with Crippen LogP contribution in [-0.2, 0) is 14.1 Å². The highest BCUT2D eigenvalue weighted by Crippen LogP contribution is 2.22. The number of hydrogen-bond donors (Lipinski definition) is 0. The predicted octanol–water partition coefficient (Wildman–Crippen LogP) is 4.46. The largest absolute Gasteiger partial charge is 0.328 e. The minimum Gasteiger partial charge on any atom is -0.295 e. The summed E-state index contributed by atoms with van der Waals surface area (Å²) in [6, 6.07) is 11.3. The lowest BCUT2D eigenvalue weighted by Crippen LogP contribution is -2.24. The number of aryl methyl sites for hydroxylation is 4. The quantitative estimate of drug-likeness (QED) is 0.513. The number of amides is 2. The maximum atomic E-state index is 11.5. The van der Waals surface area contributed by atoms with E-state index in [2.05, 4.69) is 0 Å². The molecule has 0 fully saturated rings. The number of nitrogens with zero attached hydrogens (tertiary/aromatic N) is 3. The second-order valence-electron chi connectivity index (χ2n) is 6.61. The zero-order valence-corrected chi connectivity index (χ0v) is 19.5. The predicted molar refractivity (Wildman–Crippen MR) is 123 cm³/mol. The summed E-state index contributed by atoms with van der Waals surface area (Å²) in [5.41, 5.74) is 5.21. The number of rotatable bonds is 0. The van der Waals surface area contributed by atoms with Crippen molar-refractivity contribution in [2.45, 2.75) is 41.5 Å². The molecule has 0 unspecified atom stereocenters. The number of hydrogen-bond acceptors (Lipinski definition) is 3. The van der Waals surface area contributed by atoms with Crippen molar-refractivity contribution in [1.82, 2.24) is 14.0 Å². The average molecular weight is 412 g/mol. The third-order valence-electron chi connectivity index (χ3n) is 4.67. The molecular weight excluding hydrogens is 378 g/mol. The molecule has 0 atom stereocenters. The molecule has 6 heteroatoms. The van der Waals surface area contributed by atoms with Crippen molar-refractivity contribution in [3.05, 3.63) is 69.1 Å². The molecule has 1 aliphatic heterocycles. The van der Waals surface area contributed by atoms with Gasteiger partial charge in [0.25, 0.3) is 11.8 Å². The summed E-state index contributed by atoms with van der Waals surface area (Å²) in [5, 5.41) is 0. The standard InChI is InChI=1S/C10H12N2O.C10H9NO2.2C2H6/c1-7-4-5-8-9(6-7)12(3)10(13)11(8)2;1-6-3-4-7-8(5-6)10(13)11(2)9(7)12;2*1-2/h4-6H,1-3H3;3-5H,1-2H3;2*1-2H3. The molecule has 4 rings (SSSR count). The minimum atomic E-state index is -0.208. The van der Waals surface area contributed by atoms with E-state index >= 15 is 0 Å². The number of benzene rings is 2. The van der Waals surface area contributed by atoms with E-state index in [1.165, 1.54) is 12.6 Å². The van der Waals surface area contributed by atoms with Crippen LogP contribution >= 0.6 is 0 Å². The van der Waals surface area contributed by atoms with E-state index in [0.29, 0.717) is 11.1 Å². The first-order valence-corrected chi connectivity index (χ1v) is 10.3.